The molecule has 0 unspecified atom stereocenters. The van der Waals surface area contributed by atoms with Gasteiger partial charge in [0.15, 0.2) is 0 Å². The minimum absolute atomic E-state index is 0.00158. The largest absolute Gasteiger partial charge is 0.507 e. The number of phenols is 1. The first-order valence-electron chi connectivity index (χ1n) is 12.3. The van der Waals surface area contributed by atoms with Crippen molar-refractivity contribution in [2.45, 2.75) is 70.3 Å². The fraction of sp³-hybridized carbons (Fsp3) is 0.393. The van der Waals surface area contributed by atoms with Gasteiger partial charge in [-0.2, -0.15) is 9.78 Å². The monoisotopic (exact) mass is 472 g/mol. The summed E-state index contributed by atoms with van der Waals surface area (Å²) in [5, 5.41) is 21.2. The molecule has 0 bridgehead atoms. The standard InChI is InChI=1S/C28H32N4O3/c1-28(2,3)19-9-7-18(8-10-19)26(34)29-21-13-14-22(25(33)15-21)23-16-24(17-5-4-6-17)32(31-23)27(35)30-20-11-12-20/h7-10,13-17,20,33H,4-6,11-12H2,1-3H3,(H,29,34)(H,30,35). The predicted octanol–water partition coefficient (Wildman–Crippen LogP) is 5.79. The summed E-state index contributed by atoms with van der Waals surface area (Å²) < 4.78 is 1.47. The molecule has 182 valence electrons. The molecule has 0 atom stereocenters. The number of carbonyl (C=O) groups is 2. The van der Waals surface area contributed by atoms with Gasteiger partial charge in [-0.3, -0.25) is 4.79 Å². The molecule has 2 aliphatic rings. The molecule has 3 aromatic rings. The lowest BCUT2D eigenvalue weighted by atomic mass is 9.82. The molecule has 35 heavy (non-hydrogen) atoms. The number of aromatic hydroxyl groups is 1. The molecule has 0 spiro atoms. The highest BCUT2D eigenvalue weighted by atomic mass is 16.3. The van der Waals surface area contributed by atoms with E-state index in [1.807, 2.05) is 30.3 Å². The minimum Gasteiger partial charge on any atom is -0.507 e. The van der Waals surface area contributed by atoms with Gasteiger partial charge in [0.2, 0.25) is 0 Å². The lowest BCUT2D eigenvalue weighted by molar-refractivity contribution is 0.102. The third kappa shape index (κ3) is 4.94. The van der Waals surface area contributed by atoms with Crippen LogP contribution in [0.2, 0.25) is 0 Å². The summed E-state index contributed by atoms with van der Waals surface area (Å²) in [6.45, 7) is 6.39. The first-order valence-corrected chi connectivity index (χ1v) is 12.3. The van der Waals surface area contributed by atoms with E-state index in [-0.39, 0.29) is 29.1 Å². The average molecular weight is 473 g/mol. The fourth-order valence-corrected chi connectivity index (χ4v) is 4.30. The summed E-state index contributed by atoms with van der Waals surface area (Å²) >= 11 is 0. The predicted molar refractivity (Wildman–Crippen MR) is 136 cm³/mol. The summed E-state index contributed by atoms with van der Waals surface area (Å²) in [6, 6.07) is 14.5. The van der Waals surface area contributed by atoms with Gasteiger partial charge in [-0.05, 0) is 67.0 Å². The van der Waals surface area contributed by atoms with Crippen LogP contribution in [-0.2, 0) is 5.41 Å². The number of hydrogen-bond acceptors (Lipinski definition) is 4. The van der Waals surface area contributed by atoms with E-state index in [0.29, 0.717) is 28.4 Å². The summed E-state index contributed by atoms with van der Waals surface area (Å²) in [4.78, 5) is 25.5. The number of carbonyl (C=O) groups excluding carboxylic acids is 2. The third-order valence-electron chi connectivity index (χ3n) is 6.90. The molecule has 2 aromatic carbocycles. The lowest BCUT2D eigenvalue weighted by Gasteiger charge is -2.25. The van der Waals surface area contributed by atoms with Gasteiger partial charge in [0.1, 0.15) is 5.75 Å². The van der Waals surface area contributed by atoms with E-state index in [0.717, 1.165) is 43.4 Å². The van der Waals surface area contributed by atoms with E-state index in [2.05, 4.69) is 36.5 Å². The van der Waals surface area contributed by atoms with Crippen LogP contribution in [0.1, 0.15) is 80.4 Å². The molecule has 5 rings (SSSR count). The van der Waals surface area contributed by atoms with E-state index in [4.69, 9.17) is 0 Å². The Balaban J connectivity index is 1.34. The Labute approximate surface area is 205 Å². The zero-order chi connectivity index (χ0) is 24.7. The van der Waals surface area contributed by atoms with Crippen LogP contribution in [0.25, 0.3) is 11.3 Å². The smallest absolute Gasteiger partial charge is 0.342 e. The van der Waals surface area contributed by atoms with Crippen LogP contribution in [0.5, 0.6) is 5.75 Å². The number of benzene rings is 2. The lowest BCUT2D eigenvalue weighted by Crippen LogP contribution is -2.33. The van der Waals surface area contributed by atoms with Crippen molar-refractivity contribution in [2.24, 2.45) is 0 Å². The maximum absolute atomic E-state index is 12.8. The van der Waals surface area contributed by atoms with Crippen molar-refractivity contribution in [3.05, 3.63) is 65.4 Å². The van der Waals surface area contributed by atoms with Crippen molar-refractivity contribution in [3.8, 4) is 17.0 Å². The maximum atomic E-state index is 12.8. The highest BCUT2D eigenvalue weighted by molar-refractivity contribution is 6.04. The third-order valence-corrected chi connectivity index (χ3v) is 6.90. The molecule has 3 N–H and O–H groups in total. The number of rotatable bonds is 5. The number of nitrogens with zero attached hydrogens (tertiary/aromatic N) is 2. The summed E-state index contributed by atoms with van der Waals surface area (Å²) in [5.74, 6) is 0.0655. The van der Waals surface area contributed by atoms with Crippen LogP contribution in [0, 0.1) is 0 Å². The van der Waals surface area contributed by atoms with Gasteiger partial charge in [-0.15, -0.1) is 0 Å². The normalized spacial score (nSPS) is 16.0. The van der Waals surface area contributed by atoms with Gasteiger partial charge in [0, 0.05) is 34.8 Å². The second kappa shape index (κ2) is 8.87. The second-order valence-corrected chi connectivity index (χ2v) is 10.7. The van der Waals surface area contributed by atoms with Crippen LogP contribution >= 0.6 is 0 Å². The Morgan fingerprint density at radius 2 is 1.71 bits per heavy atom. The molecular formula is C28H32N4O3. The van der Waals surface area contributed by atoms with Crippen molar-refractivity contribution in [3.63, 3.8) is 0 Å². The van der Waals surface area contributed by atoms with Gasteiger partial charge >= 0.3 is 6.03 Å². The van der Waals surface area contributed by atoms with Gasteiger partial charge in [-0.1, -0.05) is 39.3 Å². The van der Waals surface area contributed by atoms with Gasteiger partial charge in [-0.25, -0.2) is 4.79 Å². The molecule has 2 amide bonds. The Hall–Kier alpha value is -3.61. The van der Waals surface area contributed by atoms with E-state index in [9.17, 15) is 14.7 Å². The number of nitrogens with one attached hydrogen (secondary N) is 2. The van der Waals surface area contributed by atoms with Crippen molar-refractivity contribution < 1.29 is 14.7 Å². The van der Waals surface area contributed by atoms with Gasteiger partial charge in [0.25, 0.3) is 5.91 Å². The number of hydrogen-bond donors (Lipinski definition) is 3. The molecule has 7 nitrogen and oxygen atoms in total. The molecule has 2 aliphatic carbocycles. The zero-order valence-corrected chi connectivity index (χ0v) is 20.5. The Bertz CT molecular complexity index is 1260. The Morgan fingerprint density at radius 1 is 1.00 bits per heavy atom. The van der Waals surface area contributed by atoms with E-state index in [1.165, 1.54) is 10.7 Å². The fourth-order valence-electron chi connectivity index (χ4n) is 4.30. The van der Waals surface area contributed by atoms with Gasteiger partial charge < -0.3 is 15.7 Å². The second-order valence-electron chi connectivity index (χ2n) is 10.7. The summed E-state index contributed by atoms with van der Waals surface area (Å²) in [6.07, 6.45) is 5.24. The SMILES string of the molecule is CC(C)(C)c1ccc(C(=O)Nc2ccc(-c3cc(C4CCC4)n(C(=O)NC4CC4)n3)c(O)c2)cc1. The van der Waals surface area contributed by atoms with Gasteiger partial charge in [0.05, 0.1) is 11.4 Å². The van der Waals surface area contributed by atoms with E-state index >= 15 is 0 Å². The molecule has 0 aliphatic heterocycles. The molecule has 1 heterocycles. The highest BCUT2D eigenvalue weighted by Gasteiger charge is 2.30. The minimum atomic E-state index is -0.245. The van der Waals surface area contributed by atoms with Crippen LogP contribution in [0.3, 0.4) is 0 Å². The number of phenolic OH excluding ortho intramolecular Hbond substituents is 1. The molecule has 0 radical (unpaired) electrons. The van der Waals surface area contributed by atoms with Crippen molar-refractivity contribution in [1.82, 2.24) is 15.1 Å². The van der Waals surface area contributed by atoms with E-state index < -0.39 is 0 Å². The van der Waals surface area contributed by atoms with Crippen LogP contribution < -0.4 is 10.6 Å². The molecule has 7 heteroatoms. The van der Waals surface area contributed by atoms with E-state index in [1.54, 1.807) is 12.1 Å². The van der Waals surface area contributed by atoms with Crippen LogP contribution in [-0.4, -0.2) is 32.9 Å². The first-order chi connectivity index (χ1) is 16.7. The number of aromatic nitrogens is 2. The Morgan fingerprint density at radius 3 is 2.29 bits per heavy atom. The average Bonchev–Trinajstić information content (AvgIpc) is 3.48. The van der Waals surface area contributed by atoms with Crippen molar-refractivity contribution in [1.29, 1.82) is 0 Å². The summed E-state index contributed by atoms with van der Waals surface area (Å²) in [5.41, 5.74) is 4.17. The maximum Gasteiger partial charge on any atom is 0.342 e. The Kier molecular flexibility index (Phi) is 5.87. The highest BCUT2D eigenvalue weighted by Crippen LogP contribution is 2.39. The molecule has 1 aromatic heterocycles. The molecule has 0 saturated heterocycles. The summed E-state index contributed by atoms with van der Waals surface area (Å²) in [7, 11) is 0. The first kappa shape index (κ1) is 23.1. The van der Waals surface area contributed by atoms with Crippen LogP contribution in [0.15, 0.2) is 48.5 Å². The molecule has 2 fully saturated rings. The van der Waals surface area contributed by atoms with Crippen molar-refractivity contribution in [2.75, 3.05) is 5.32 Å². The quantitative estimate of drug-likeness (QED) is 0.438. The topological polar surface area (TPSA) is 96.3 Å². The van der Waals surface area contributed by atoms with Crippen molar-refractivity contribution >= 4 is 17.6 Å². The zero-order valence-electron chi connectivity index (χ0n) is 20.5. The van der Waals surface area contributed by atoms with Crippen LogP contribution in [0.4, 0.5) is 10.5 Å². The molecular weight excluding hydrogens is 440 g/mol. The molecule has 2 saturated carbocycles. The number of anilines is 1. The number of amides is 2.